The molecule has 0 spiro atoms. The van der Waals surface area contributed by atoms with Gasteiger partial charge in [0.15, 0.2) is 0 Å². The van der Waals surface area contributed by atoms with E-state index in [9.17, 15) is 4.79 Å². The average molecular weight is 298 g/mol. The Labute approximate surface area is 130 Å². The van der Waals surface area contributed by atoms with E-state index in [0.717, 1.165) is 19.4 Å². The van der Waals surface area contributed by atoms with Crippen molar-refractivity contribution in [1.29, 1.82) is 0 Å². The molecule has 1 amide bonds. The third-order valence-corrected chi connectivity index (χ3v) is 5.26. The molecule has 1 fully saturated rings. The topological polar surface area (TPSA) is 55.6 Å². The van der Waals surface area contributed by atoms with Crippen molar-refractivity contribution < 1.29 is 9.53 Å². The second-order valence-corrected chi connectivity index (χ2v) is 7.57. The van der Waals surface area contributed by atoms with Crippen molar-refractivity contribution in [1.82, 2.24) is 4.90 Å². The Morgan fingerprint density at radius 1 is 1.38 bits per heavy atom. The van der Waals surface area contributed by atoms with Gasteiger partial charge in [-0.1, -0.05) is 34.6 Å². The number of carbonyl (C=O) groups is 1. The molecular formula is C17H34N2O2. The minimum absolute atomic E-state index is 0.0446. The fourth-order valence-corrected chi connectivity index (χ4v) is 3.45. The molecule has 0 saturated heterocycles. The highest BCUT2D eigenvalue weighted by molar-refractivity contribution is 5.80. The van der Waals surface area contributed by atoms with Gasteiger partial charge in [0.1, 0.15) is 0 Å². The van der Waals surface area contributed by atoms with Gasteiger partial charge in [-0.2, -0.15) is 0 Å². The van der Waals surface area contributed by atoms with Crippen molar-refractivity contribution in [3.63, 3.8) is 0 Å². The van der Waals surface area contributed by atoms with Gasteiger partial charge in [0.05, 0.1) is 6.61 Å². The predicted octanol–water partition coefficient (Wildman–Crippen LogP) is 2.52. The summed E-state index contributed by atoms with van der Waals surface area (Å²) in [5.41, 5.74) is 6.16. The van der Waals surface area contributed by atoms with E-state index in [2.05, 4.69) is 34.6 Å². The lowest BCUT2D eigenvalue weighted by molar-refractivity contribution is -0.144. The fraction of sp³-hybridized carbons (Fsp3) is 0.941. The Morgan fingerprint density at radius 3 is 2.52 bits per heavy atom. The molecule has 0 aliphatic heterocycles. The summed E-state index contributed by atoms with van der Waals surface area (Å²) < 4.78 is 5.17. The van der Waals surface area contributed by atoms with Crippen LogP contribution in [0.25, 0.3) is 0 Å². The van der Waals surface area contributed by atoms with Crippen molar-refractivity contribution in [2.75, 3.05) is 26.8 Å². The van der Waals surface area contributed by atoms with Gasteiger partial charge >= 0.3 is 0 Å². The molecule has 1 rings (SSSR count). The standard InChI is InChI=1S/C17H34N2O2/c1-12(2)11-19(9-10-21-6)16(20)14-7-8-15(18)13(3)17(14,4)5/h12-15H,7-11,18H2,1-6H3. The molecule has 124 valence electrons. The lowest BCUT2D eigenvalue weighted by Crippen LogP contribution is -2.53. The van der Waals surface area contributed by atoms with Gasteiger partial charge < -0.3 is 15.4 Å². The van der Waals surface area contributed by atoms with Gasteiger partial charge in [-0.3, -0.25) is 4.79 Å². The molecule has 0 heterocycles. The van der Waals surface area contributed by atoms with E-state index >= 15 is 0 Å². The fourth-order valence-electron chi connectivity index (χ4n) is 3.45. The first kappa shape index (κ1) is 18.4. The highest BCUT2D eigenvalue weighted by atomic mass is 16.5. The molecule has 3 atom stereocenters. The number of hydrogen-bond donors (Lipinski definition) is 1. The second-order valence-electron chi connectivity index (χ2n) is 7.57. The van der Waals surface area contributed by atoms with Gasteiger partial charge in [-0.25, -0.2) is 0 Å². The molecule has 1 saturated carbocycles. The van der Waals surface area contributed by atoms with E-state index < -0.39 is 0 Å². The summed E-state index contributed by atoms with van der Waals surface area (Å²) in [6.45, 7) is 13.0. The SMILES string of the molecule is COCCN(CC(C)C)C(=O)C1CCC(N)C(C)C1(C)C. The first-order valence-electron chi connectivity index (χ1n) is 8.25. The van der Waals surface area contributed by atoms with Crippen molar-refractivity contribution in [2.24, 2.45) is 28.9 Å². The Balaban J connectivity index is 2.86. The normalized spacial score (nSPS) is 28.7. The summed E-state index contributed by atoms with van der Waals surface area (Å²) in [5.74, 6) is 1.19. The molecule has 21 heavy (non-hydrogen) atoms. The van der Waals surface area contributed by atoms with Crippen LogP contribution in [0.5, 0.6) is 0 Å². The molecular weight excluding hydrogens is 264 g/mol. The summed E-state index contributed by atoms with van der Waals surface area (Å²) in [7, 11) is 1.68. The van der Waals surface area contributed by atoms with E-state index in [4.69, 9.17) is 10.5 Å². The third kappa shape index (κ3) is 4.43. The molecule has 1 aliphatic carbocycles. The Morgan fingerprint density at radius 2 is 2.00 bits per heavy atom. The number of hydrogen-bond acceptors (Lipinski definition) is 3. The third-order valence-electron chi connectivity index (χ3n) is 5.26. The van der Waals surface area contributed by atoms with Crippen LogP contribution in [-0.2, 0) is 9.53 Å². The number of nitrogens with zero attached hydrogens (tertiary/aromatic N) is 1. The molecule has 0 radical (unpaired) electrons. The zero-order valence-electron chi connectivity index (χ0n) is 14.7. The summed E-state index contributed by atoms with van der Waals surface area (Å²) >= 11 is 0. The summed E-state index contributed by atoms with van der Waals surface area (Å²) in [4.78, 5) is 15.0. The lowest BCUT2D eigenvalue weighted by Gasteiger charge is -2.47. The number of rotatable bonds is 6. The zero-order valence-corrected chi connectivity index (χ0v) is 14.7. The number of methoxy groups -OCH3 is 1. The summed E-state index contributed by atoms with van der Waals surface area (Å²) in [6, 6.07) is 0.210. The first-order chi connectivity index (χ1) is 9.71. The summed E-state index contributed by atoms with van der Waals surface area (Å²) in [5, 5.41) is 0. The Bertz CT molecular complexity index is 342. The van der Waals surface area contributed by atoms with Crippen LogP contribution in [0.3, 0.4) is 0 Å². The van der Waals surface area contributed by atoms with Crippen molar-refractivity contribution in [3.05, 3.63) is 0 Å². The van der Waals surface area contributed by atoms with Gasteiger partial charge in [-0.05, 0) is 30.1 Å². The molecule has 3 unspecified atom stereocenters. The average Bonchev–Trinajstić information content (AvgIpc) is 2.40. The minimum Gasteiger partial charge on any atom is -0.383 e. The van der Waals surface area contributed by atoms with Crippen LogP contribution < -0.4 is 5.73 Å². The number of amides is 1. The highest BCUT2D eigenvalue weighted by Crippen LogP contribution is 2.45. The molecule has 0 aromatic carbocycles. The van der Waals surface area contributed by atoms with E-state index in [1.54, 1.807) is 7.11 Å². The number of nitrogens with two attached hydrogens (primary N) is 1. The quantitative estimate of drug-likeness (QED) is 0.820. The highest BCUT2D eigenvalue weighted by Gasteiger charge is 2.46. The van der Waals surface area contributed by atoms with E-state index in [1.165, 1.54) is 0 Å². The predicted molar refractivity (Wildman–Crippen MR) is 86.9 cm³/mol. The van der Waals surface area contributed by atoms with Crippen LogP contribution in [0.4, 0.5) is 0 Å². The van der Waals surface area contributed by atoms with Crippen molar-refractivity contribution in [2.45, 2.75) is 53.5 Å². The molecule has 0 aromatic rings. The molecule has 4 nitrogen and oxygen atoms in total. The maximum Gasteiger partial charge on any atom is 0.226 e. The summed E-state index contributed by atoms with van der Waals surface area (Å²) in [6.07, 6.45) is 1.85. The van der Waals surface area contributed by atoms with Gasteiger partial charge in [0.2, 0.25) is 5.91 Å². The van der Waals surface area contributed by atoms with E-state index in [0.29, 0.717) is 25.0 Å². The minimum atomic E-state index is -0.0446. The largest absolute Gasteiger partial charge is 0.383 e. The van der Waals surface area contributed by atoms with Crippen LogP contribution in [-0.4, -0.2) is 43.7 Å². The number of carbonyl (C=O) groups excluding carboxylic acids is 1. The molecule has 4 heteroatoms. The molecule has 1 aliphatic rings. The van der Waals surface area contributed by atoms with Gasteiger partial charge in [0.25, 0.3) is 0 Å². The second kappa shape index (κ2) is 7.59. The van der Waals surface area contributed by atoms with E-state index in [1.807, 2.05) is 4.90 Å². The van der Waals surface area contributed by atoms with Crippen LogP contribution in [0.15, 0.2) is 0 Å². The Kier molecular flexibility index (Phi) is 6.67. The Hall–Kier alpha value is -0.610. The first-order valence-corrected chi connectivity index (χ1v) is 8.25. The molecule has 0 aromatic heterocycles. The van der Waals surface area contributed by atoms with Crippen LogP contribution in [0, 0.1) is 23.2 Å². The maximum atomic E-state index is 13.0. The van der Waals surface area contributed by atoms with Crippen molar-refractivity contribution >= 4 is 5.91 Å². The number of ether oxygens (including phenoxy) is 1. The molecule has 0 bridgehead atoms. The van der Waals surface area contributed by atoms with Crippen LogP contribution in [0.1, 0.15) is 47.5 Å². The van der Waals surface area contributed by atoms with Crippen LogP contribution in [0.2, 0.25) is 0 Å². The van der Waals surface area contributed by atoms with E-state index in [-0.39, 0.29) is 23.3 Å². The zero-order chi connectivity index (χ0) is 16.2. The monoisotopic (exact) mass is 298 g/mol. The maximum absolute atomic E-state index is 13.0. The smallest absolute Gasteiger partial charge is 0.226 e. The van der Waals surface area contributed by atoms with Crippen LogP contribution >= 0.6 is 0 Å². The van der Waals surface area contributed by atoms with Gasteiger partial charge in [-0.15, -0.1) is 0 Å². The molecule has 2 N–H and O–H groups in total. The van der Waals surface area contributed by atoms with Gasteiger partial charge in [0, 0.05) is 32.2 Å². The van der Waals surface area contributed by atoms with Crippen molar-refractivity contribution in [3.8, 4) is 0 Å². The lowest BCUT2D eigenvalue weighted by atomic mass is 9.60.